The Labute approximate surface area is 192 Å². The highest BCUT2D eigenvalue weighted by Crippen LogP contribution is 2.39. The zero-order valence-electron chi connectivity index (χ0n) is 15.5. The van der Waals surface area contributed by atoms with Crippen molar-refractivity contribution in [2.45, 2.75) is 6.92 Å². The molecule has 0 unspecified atom stereocenters. The van der Waals surface area contributed by atoms with Gasteiger partial charge in [-0.1, -0.05) is 65.4 Å². The normalized spacial score (nSPS) is 15.3. The number of halogens is 2. The molecule has 0 radical (unpaired) electrons. The predicted octanol–water partition coefficient (Wildman–Crippen LogP) is 6.86. The Morgan fingerprint density at radius 2 is 1.80 bits per heavy atom. The number of carbonyl (C=O) groups excluding carboxylic acids is 2. The molecule has 4 rings (SSSR count). The Kier molecular flexibility index (Phi) is 5.84. The highest BCUT2D eigenvalue weighted by atomic mass is 35.5. The summed E-state index contributed by atoms with van der Waals surface area (Å²) in [5.74, 6) is 0.610. The van der Waals surface area contributed by atoms with Crippen LogP contribution in [0.4, 0.5) is 5.69 Å². The van der Waals surface area contributed by atoms with E-state index in [1.807, 2.05) is 0 Å². The molecule has 3 aromatic rings. The number of rotatable bonds is 4. The summed E-state index contributed by atoms with van der Waals surface area (Å²) in [7, 11) is 0. The maximum atomic E-state index is 13.0. The molecule has 1 saturated heterocycles. The molecule has 0 saturated carbocycles. The Hall–Kier alpha value is -2.38. The predicted molar refractivity (Wildman–Crippen MR) is 126 cm³/mol. The number of carbonyl (C=O) groups is 2. The zero-order chi connectivity index (χ0) is 21.4. The fourth-order valence-electron chi connectivity index (χ4n) is 2.98. The van der Waals surface area contributed by atoms with Crippen molar-refractivity contribution in [2.75, 3.05) is 4.90 Å². The van der Waals surface area contributed by atoms with Gasteiger partial charge in [0.05, 0.1) is 26.2 Å². The van der Waals surface area contributed by atoms with E-state index in [9.17, 15) is 9.59 Å². The number of nitrogens with zero attached hydrogens (tertiary/aromatic N) is 1. The molecule has 150 valence electrons. The van der Waals surface area contributed by atoms with Gasteiger partial charge < -0.3 is 4.42 Å². The molecule has 0 atom stereocenters. The molecule has 1 aliphatic heterocycles. The van der Waals surface area contributed by atoms with Crippen molar-refractivity contribution < 1.29 is 14.0 Å². The van der Waals surface area contributed by atoms with Crippen molar-refractivity contribution in [3.63, 3.8) is 0 Å². The number of Topliss-reactive ketones (excluding diaryl/α,β-unsaturated/α-hetero) is 1. The van der Waals surface area contributed by atoms with E-state index in [1.165, 1.54) is 23.6 Å². The van der Waals surface area contributed by atoms with Crippen LogP contribution in [0.15, 0.2) is 63.9 Å². The number of amides is 1. The summed E-state index contributed by atoms with van der Waals surface area (Å²) >= 11 is 19.0. The number of furan rings is 1. The standard InChI is InChI=1S/C22H13Cl2NO3S2/c1-12(26)13-4-2-5-14(10-13)25-21(27)19(30-22(25)29)11-15-8-9-18(28-15)20-16(23)6-3-7-17(20)24/h2-11H,1H3. The lowest BCUT2D eigenvalue weighted by Crippen LogP contribution is -2.27. The van der Waals surface area contributed by atoms with Gasteiger partial charge in [0.15, 0.2) is 10.1 Å². The quantitative estimate of drug-likeness (QED) is 0.235. The van der Waals surface area contributed by atoms with Gasteiger partial charge in [-0.3, -0.25) is 14.5 Å². The smallest absolute Gasteiger partial charge is 0.270 e. The summed E-state index contributed by atoms with van der Waals surface area (Å²) in [4.78, 5) is 26.5. The SMILES string of the molecule is CC(=O)c1cccc(N2C(=O)C(=Cc3ccc(-c4c(Cl)cccc4Cl)o3)SC2=S)c1. The molecule has 8 heteroatoms. The highest BCUT2D eigenvalue weighted by Gasteiger charge is 2.33. The maximum absolute atomic E-state index is 13.0. The number of ketones is 1. The molecule has 0 bridgehead atoms. The topological polar surface area (TPSA) is 50.5 Å². The van der Waals surface area contributed by atoms with E-state index in [1.54, 1.807) is 60.7 Å². The molecule has 0 spiro atoms. The Morgan fingerprint density at radius 3 is 2.50 bits per heavy atom. The Morgan fingerprint density at radius 1 is 1.10 bits per heavy atom. The van der Waals surface area contributed by atoms with Crippen LogP contribution in [0, 0.1) is 0 Å². The molecular formula is C22H13Cl2NO3S2. The van der Waals surface area contributed by atoms with E-state index in [2.05, 4.69) is 0 Å². The molecule has 30 heavy (non-hydrogen) atoms. The van der Waals surface area contributed by atoms with Gasteiger partial charge in [-0.25, -0.2) is 0 Å². The van der Waals surface area contributed by atoms with Gasteiger partial charge in [0.2, 0.25) is 0 Å². The lowest BCUT2D eigenvalue weighted by molar-refractivity contribution is -0.113. The van der Waals surface area contributed by atoms with Crippen molar-refractivity contribution in [3.8, 4) is 11.3 Å². The third-order valence-corrected chi connectivity index (χ3v) is 6.35. The van der Waals surface area contributed by atoms with Crippen molar-refractivity contribution in [3.05, 3.63) is 80.9 Å². The van der Waals surface area contributed by atoms with Crippen LogP contribution in [0.1, 0.15) is 23.0 Å². The van der Waals surface area contributed by atoms with Gasteiger partial charge in [0.25, 0.3) is 5.91 Å². The van der Waals surface area contributed by atoms with Gasteiger partial charge in [-0.2, -0.15) is 0 Å². The molecule has 2 heterocycles. The monoisotopic (exact) mass is 473 g/mol. The van der Waals surface area contributed by atoms with Crippen LogP contribution >= 0.6 is 47.2 Å². The van der Waals surface area contributed by atoms with Crippen molar-refractivity contribution in [1.82, 2.24) is 0 Å². The summed E-state index contributed by atoms with van der Waals surface area (Å²) in [5, 5.41) is 0.945. The van der Waals surface area contributed by atoms with Crippen LogP contribution in [0.25, 0.3) is 17.4 Å². The number of thioether (sulfide) groups is 1. The van der Waals surface area contributed by atoms with Gasteiger partial charge in [-0.15, -0.1) is 0 Å². The second kappa shape index (κ2) is 8.40. The molecule has 1 amide bonds. The van der Waals surface area contributed by atoms with Crippen LogP contribution < -0.4 is 4.90 Å². The molecule has 1 fully saturated rings. The third-order valence-electron chi connectivity index (χ3n) is 4.41. The first-order chi connectivity index (χ1) is 14.3. The average Bonchev–Trinajstić information content (AvgIpc) is 3.26. The minimum absolute atomic E-state index is 0.0841. The molecule has 4 nitrogen and oxygen atoms in total. The maximum Gasteiger partial charge on any atom is 0.270 e. The van der Waals surface area contributed by atoms with E-state index in [-0.39, 0.29) is 11.7 Å². The fraction of sp³-hybridized carbons (Fsp3) is 0.0455. The van der Waals surface area contributed by atoms with E-state index in [0.717, 1.165) is 0 Å². The average molecular weight is 474 g/mol. The lowest BCUT2D eigenvalue weighted by atomic mass is 10.1. The zero-order valence-corrected chi connectivity index (χ0v) is 18.7. The first-order valence-electron chi connectivity index (χ1n) is 8.78. The van der Waals surface area contributed by atoms with Crippen LogP contribution in [0.5, 0.6) is 0 Å². The van der Waals surface area contributed by atoms with Crippen LogP contribution in [0.2, 0.25) is 10.0 Å². The van der Waals surface area contributed by atoms with Crippen molar-refractivity contribution in [1.29, 1.82) is 0 Å². The van der Waals surface area contributed by atoms with E-state index < -0.39 is 0 Å². The number of hydrogen-bond acceptors (Lipinski definition) is 5. The summed E-state index contributed by atoms with van der Waals surface area (Å²) in [6, 6.07) is 15.5. The van der Waals surface area contributed by atoms with Crippen LogP contribution in [-0.2, 0) is 4.79 Å². The highest BCUT2D eigenvalue weighted by molar-refractivity contribution is 8.27. The number of thiocarbonyl (C=S) groups is 1. The van der Waals surface area contributed by atoms with Crippen molar-refractivity contribution in [2.24, 2.45) is 0 Å². The van der Waals surface area contributed by atoms with Crippen molar-refractivity contribution >= 4 is 75.0 Å². The minimum atomic E-state index is -0.278. The molecule has 2 aromatic carbocycles. The first kappa shape index (κ1) is 20.9. The second-order valence-corrected chi connectivity index (χ2v) is 8.91. The second-order valence-electron chi connectivity index (χ2n) is 6.42. The van der Waals surface area contributed by atoms with Crippen LogP contribution in [0.3, 0.4) is 0 Å². The largest absolute Gasteiger partial charge is 0.457 e. The van der Waals surface area contributed by atoms with Gasteiger partial charge in [0.1, 0.15) is 11.5 Å². The van der Waals surface area contributed by atoms with E-state index in [0.29, 0.717) is 47.6 Å². The van der Waals surface area contributed by atoms with E-state index in [4.69, 9.17) is 39.8 Å². The molecule has 1 aliphatic rings. The van der Waals surface area contributed by atoms with Crippen LogP contribution in [-0.4, -0.2) is 16.0 Å². The number of anilines is 1. The summed E-state index contributed by atoms with van der Waals surface area (Å²) in [6.45, 7) is 1.48. The first-order valence-corrected chi connectivity index (χ1v) is 10.8. The Bertz CT molecular complexity index is 1210. The van der Waals surface area contributed by atoms with Gasteiger partial charge in [0, 0.05) is 11.6 Å². The fourth-order valence-corrected chi connectivity index (χ4v) is 4.84. The molecule has 0 aliphatic carbocycles. The van der Waals surface area contributed by atoms with Gasteiger partial charge >= 0.3 is 0 Å². The van der Waals surface area contributed by atoms with Gasteiger partial charge in [-0.05, 0) is 43.3 Å². The lowest BCUT2D eigenvalue weighted by Gasteiger charge is -2.15. The summed E-state index contributed by atoms with van der Waals surface area (Å²) in [6.07, 6.45) is 1.63. The molecular weight excluding hydrogens is 461 g/mol. The number of benzene rings is 2. The van der Waals surface area contributed by atoms with E-state index >= 15 is 0 Å². The Balaban J connectivity index is 1.64. The minimum Gasteiger partial charge on any atom is -0.457 e. The molecule has 1 aromatic heterocycles. The molecule has 0 N–H and O–H groups in total. The number of hydrogen-bond donors (Lipinski definition) is 0. The summed E-state index contributed by atoms with van der Waals surface area (Å²) in [5.41, 5.74) is 1.66. The third kappa shape index (κ3) is 3.96. The summed E-state index contributed by atoms with van der Waals surface area (Å²) < 4.78 is 6.23.